The molecule has 1 atom stereocenters. The molecular weight excluding hydrogens is 298 g/mol. The highest BCUT2D eigenvalue weighted by molar-refractivity contribution is 6.61. The summed E-state index contributed by atoms with van der Waals surface area (Å²) in [5.41, 5.74) is -0.245. The fraction of sp³-hybridized carbons (Fsp3) is 0.118. The summed E-state index contributed by atoms with van der Waals surface area (Å²) in [6.07, 6.45) is 0. The molecule has 0 heterocycles. The molecule has 0 aliphatic rings. The Bertz CT molecular complexity index is 724. The second-order valence-corrected chi connectivity index (χ2v) is 4.75. The Hall–Kier alpha value is -3.15. The van der Waals surface area contributed by atoms with E-state index in [0.717, 1.165) is 0 Å². The maximum absolute atomic E-state index is 10.9. The number of hydrogen-bond acceptors (Lipinski definition) is 4. The number of hydrogen-bond donors (Lipinski definition) is 2. The first-order chi connectivity index (χ1) is 11.0. The van der Waals surface area contributed by atoms with Crippen molar-refractivity contribution in [3.05, 3.63) is 60.2 Å². The maximum atomic E-state index is 10.9. The fourth-order valence-electron chi connectivity index (χ4n) is 1.93. The van der Waals surface area contributed by atoms with Gasteiger partial charge in [0.1, 0.15) is 11.5 Å². The Labute approximate surface area is 132 Å². The lowest BCUT2D eigenvalue weighted by Gasteiger charge is -2.11. The predicted molar refractivity (Wildman–Crippen MR) is 84.1 cm³/mol. The first kappa shape index (κ1) is 16.2. The molecule has 1 unspecified atom stereocenters. The Kier molecular flexibility index (Phi) is 5.09. The van der Waals surface area contributed by atoms with Crippen molar-refractivity contribution in [1.29, 1.82) is 0 Å². The van der Waals surface area contributed by atoms with Gasteiger partial charge in [0.15, 0.2) is 0 Å². The number of aliphatic carboxylic acids is 2. The molecular formula is C17H15NO5. The van der Waals surface area contributed by atoms with Crippen LogP contribution in [0.4, 0.5) is 0 Å². The minimum absolute atomic E-state index is 0.558. The quantitative estimate of drug-likeness (QED) is 0.631. The molecule has 0 amide bonds. The van der Waals surface area contributed by atoms with Gasteiger partial charge in [0.05, 0.1) is 6.04 Å². The lowest BCUT2D eigenvalue weighted by molar-refractivity contribution is -0.134. The number of para-hydroxylation sites is 1. The molecule has 6 heteroatoms. The minimum atomic E-state index is -1.57. The topological polar surface area (TPSA) is 96.2 Å². The molecule has 0 saturated carbocycles. The molecule has 0 fully saturated rings. The minimum Gasteiger partial charge on any atom is -0.476 e. The molecule has 0 aromatic heterocycles. The van der Waals surface area contributed by atoms with Crippen LogP contribution in [0.1, 0.15) is 18.5 Å². The fourth-order valence-corrected chi connectivity index (χ4v) is 1.93. The van der Waals surface area contributed by atoms with Gasteiger partial charge in [-0.05, 0) is 36.8 Å². The second-order valence-electron chi connectivity index (χ2n) is 4.75. The van der Waals surface area contributed by atoms with E-state index in [-0.39, 0.29) is 0 Å². The zero-order valence-electron chi connectivity index (χ0n) is 12.3. The number of carboxylic acid groups (broad SMARTS) is 2. The maximum Gasteiger partial charge on any atom is 0.361 e. The molecule has 0 saturated heterocycles. The first-order valence-corrected chi connectivity index (χ1v) is 6.84. The van der Waals surface area contributed by atoms with E-state index in [9.17, 15) is 9.59 Å². The summed E-state index contributed by atoms with van der Waals surface area (Å²) in [7, 11) is 0. The standard InChI is InChI=1S/C17H15NO5/c1-11(18-15(16(19)20)17(21)22)12-6-5-9-14(10-12)23-13-7-3-2-4-8-13/h2-11H,1H3,(H,19,20)(H,21,22). The van der Waals surface area contributed by atoms with Crippen LogP contribution in [0.25, 0.3) is 0 Å². The summed E-state index contributed by atoms with van der Waals surface area (Å²) in [6.45, 7) is 1.62. The lowest BCUT2D eigenvalue weighted by atomic mass is 10.1. The summed E-state index contributed by atoms with van der Waals surface area (Å²) in [6, 6.07) is 15.5. The van der Waals surface area contributed by atoms with Gasteiger partial charge in [0.25, 0.3) is 0 Å². The van der Waals surface area contributed by atoms with E-state index in [4.69, 9.17) is 14.9 Å². The molecule has 2 rings (SSSR count). The third-order valence-electron chi connectivity index (χ3n) is 3.05. The van der Waals surface area contributed by atoms with E-state index in [1.807, 2.05) is 18.2 Å². The molecule has 2 aromatic carbocycles. The van der Waals surface area contributed by atoms with Crippen molar-refractivity contribution in [2.45, 2.75) is 13.0 Å². The summed E-state index contributed by atoms with van der Waals surface area (Å²) < 4.78 is 5.69. The largest absolute Gasteiger partial charge is 0.476 e. The SMILES string of the molecule is CC(N=C(C(=O)O)C(=O)O)c1cccc(Oc2ccccc2)c1. The number of ether oxygens (including phenoxy) is 1. The van der Waals surface area contributed by atoms with E-state index >= 15 is 0 Å². The van der Waals surface area contributed by atoms with Gasteiger partial charge < -0.3 is 14.9 Å². The van der Waals surface area contributed by atoms with Crippen molar-refractivity contribution in [1.82, 2.24) is 0 Å². The van der Waals surface area contributed by atoms with Crippen molar-refractivity contribution in [2.24, 2.45) is 4.99 Å². The molecule has 0 radical (unpaired) electrons. The van der Waals surface area contributed by atoms with Gasteiger partial charge in [-0.25, -0.2) is 9.59 Å². The third-order valence-corrected chi connectivity index (χ3v) is 3.05. The monoisotopic (exact) mass is 313 g/mol. The Balaban J connectivity index is 2.23. The van der Waals surface area contributed by atoms with Gasteiger partial charge >= 0.3 is 11.9 Å². The van der Waals surface area contributed by atoms with Crippen LogP contribution in [-0.2, 0) is 9.59 Å². The highest BCUT2D eigenvalue weighted by Crippen LogP contribution is 2.25. The van der Waals surface area contributed by atoms with Crippen molar-refractivity contribution in [3.63, 3.8) is 0 Å². The van der Waals surface area contributed by atoms with Crippen molar-refractivity contribution in [2.75, 3.05) is 0 Å². The van der Waals surface area contributed by atoms with Crippen molar-refractivity contribution >= 4 is 17.7 Å². The van der Waals surface area contributed by atoms with Crippen LogP contribution in [0.3, 0.4) is 0 Å². The van der Waals surface area contributed by atoms with Crippen molar-refractivity contribution < 1.29 is 24.5 Å². The molecule has 0 aliphatic carbocycles. The smallest absolute Gasteiger partial charge is 0.361 e. The van der Waals surface area contributed by atoms with E-state index in [1.54, 1.807) is 43.3 Å². The van der Waals surface area contributed by atoms with E-state index in [0.29, 0.717) is 17.1 Å². The number of rotatable bonds is 6. The van der Waals surface area contributed by atoms with Gasteiger partial charge in [-0.15, -0.1) is 0 Å². The molecule has 0 bridgehead atoms. The van der Waals surface area contributed by atoms with Gasteiger partial charge in [-0.1, -0.05) is 30.3 Å². The highest BCUT2D eigenvalue weighted by Gasteiger charge is 2.20. The van der Waals surface area contributed by atoms with E-state index < -0.39 is 23.7 Å². The molecule has 0 aliphatic heterocycles. The van der Waals surface area contributed by atoms with Gasteiger partial charge in [0, 0.05) is 0 Å². The highest BCUT2D eigenvalue weighted by atomic mass is 16.5. The van der Waals surface area contributed by atoms with Crippen LogP contribution >= 0.6 is 0 Å². The summed E-state index contributed by atoms with van der Waals surface area (Å²) in [5.74, 6) is -1.91. The predicted octanol–water partition coefficient (Wildman–Crippen LogP) is 3.15. The number of aliphatic imine (C=N–C) groups is 1. The molecule has 0 spiro atoms. The number of carbonyl (C=O) groups is 2. The van der Waals surface area contributed by atoms with Gasteiger partial charge in [-0.2, -0.15) is 0 Å². The average molecular weight is 313 g/mol. The Morgan fingerprint density at radius 2 is 1.57 bits per heavy atom. The van der Waals surface area contributed by atoms with Crippen LogP contribution in [0, 0.1) is 0 Å². The first-order valence-electron chi connectivity index (χ1n) is 6.84. The van der Waals surface area contributed by atoms with Gasteiger partial charge in [-0.3, -0.25) is 4.99 Å². The van der Waals surface area contributed by atoms with Crippen LogP contribution in [0.15, 0.2) is 59.6 Å². The number of benzene rings is 2. The van der Waals surface area contributed by atoms with Crippen LogP contribution in [0.5, 0.6) is 11.5 Å². The summed E-state index contributed by atoms with van der Waals surface area (Å²) in [5, 5.41) is 17.7. The molecule has 2 aromatic rings. The Morgan fingerprint density at radius 3 is 2.17 bits per heavy atom. The Morgan fingerprint density at radius 1 is 0.957 bits per heavy atom. The molecule has 2 N–H and O–H groups in total. The zero-order chi connectivity index (χ0) is 16.8. The third kappa shape index (κ3) is 4.41. The van der Waals surface area contributed by atoms with Crippen molar-refractivity contribution in [3.8, 4) is 11.5 Å². The summed E-state index contributed by atoms with van der Waals surface area (Å²) in [4.78, 5) is 25.5. The molecule has 118 valence electrons. The summed E-state index contributed by atoms with van der Waals surface area (Å²) >= 11 is 0. The van der Waals surface area contributed by atoms with E-state index in [1.165, 1.54) is 0 Å². The normalized spacial score (nSPS) is 11.3. The van der Waals surface area contributed by atoms with Crippen LogP contribution in [0.2, 0.25) is 0 Å². The van der Waals surface area contributed by atoms with Gasteiger partial charge in [0.2, 0.25) is 5.71 Å². The second kappa shape index (κ2) is 7.22. The number of carboxylic acids is 2. The van der Waals surface area contributed by atoms with Crippen LogP contribution in [-0.4, -0.2) is 27.9 Å². The zero-order valence-corrected chi connectivity index (χ0v) is 12.3. The number of nitrogens with zero attached hydrogens (tertiary/aromatic N) is 1. The van der Waals surface area contributed by atoms with E-state index in [2.05, 4.69) is 4.99 Å². The average Bonchev–Trinajstić information content (AvgIpc) is 2.53. The lowest BCUT2D eigenvalue weighted by Crippen LogP contribution is -2.24. The molecule has 6 nitrogen and oxygen atoms in total. The molecule has 23 heavy (non-hydrogen) atoms. The van der Waals surface area contributed by atoms with Crippen LogP contribution < -0.4 is 4.74 Å².